The fourth-order valence-electron chi connectivity index (χ4n) is 3.17. The number of hydrogen-bond donors (Lipinski definition) is 1. The van der Waals surface area contributed by atoms with Crippen LogP contribution in [0, 0.1) is 16.0 Å². The molecule has 3 unspecified atom stereocenters. The van der Waals surface area contributed by atoms with Crippen LogP contribution < -0.4 is 0 Å². The van der Waals surface area contributed by atoms with E-state index in [0.717, 1.165) is 25.7 Å². The van der Waals surface area contributed by atoms with Crippen molar-refractivity contribution in [3.63, 3.8) is 0 Å². The lowest BCUT2D eigenvalue weighted by Crippen LogP contribution is -2.44. The third-order valence-electron chi connectivity index (χ3n) is 4.29. The summed E-state index contributed by atoms with van der Waals surface area (Å²) >= 11 is 0. The van der Waals surface area contributed by atoms with Crippen molar-refractivity contribution in [1.29, 1.82) is 0 Å². The minimum Gasteiger partial charge on any atom is -0.481 e. The highest BCUT2D eigenvalue weighted by Gasteiger charge is 2.42. The fraction of sp³-hybridized carbons (Fsp3) is 0.923. The highest BCUT2D eigenvalue weighted by atomic mass is 16.6. The molecule has 0 aromatic carbocycles. The molecule has 0 heterocycles. The van der Waals surface area contributed by atoms with E-state index in [1.165, 1.54) is 6.42 Å². The highest BCUT2D eigenvalue weighted by molar-refractivity contribution is 5.70. The van der Waals surface area contributed by atoms with E-state index in [1.54, 1.807) is 0 Å². The molecule has 2 fully saturated rings. The maximum atomic E-state index is 11.1. The summed E-state index contributed by atoms with van der Waals surface area (Å²) in [5, 5.41) is 20.1. The molecule has 0 saturated heterocycles. The van der Waals surface area contributed by atoms with Gasteiger partial charge in [-0.2, -0.15) is 0 Å². The molecule has 0 radical (unpaired) electrons. The lowest BCUT2D eigenvalue weighted by molar-refractivity contribution is -0.541. The van der Waals surface area contributed by atoms with E-state index in [2.05, 4.69) is 0 Å². The van der Waals surface area contributed by atoms with E-state index >= 15 is 0 Å². The van der Waals surface area contributed by atoms with Crippen molar-refractivity contribution in [2.24, 2.45) is 5.92 Å². The first-order valence-electron chi connectivity index (χ1n) is 7.09. The number of nitro groups is 1. The van der Waals surface area contributed by atoms with Crippen LogP contribution in [-0.2, 0) is 9.53 Å². The molecule has 0 bridgehead atoms. The molecule has 0 spiro atoms. The standard InChI is InChI=1S/C13H21NO5/c15-13(16)9-6-7-12(11(8-9)14(17)18)19-10-4-2-1-3-5-10/h9-12H,1-8H2,(H,15,16). The van der Waals surface area contributed by atoms with E-state index in [4.69, 9.17) is 9.84 Å². The van der Waals surface area contributed by atoms with Gasteiger partial charge in [-0.1, -0.05) is 19.3 Å². The van der Waals surface area contributed by atoms with Crippen molar-refractivity contribution >= 4 is 5.97 Å². The molecule has 0 aliphatic heterocycles. The van der Waals surface area contributed by atoms with Gasteiger partial charge in [0.25, 0.3) is 0 Å². The molecule has 2 aliphatic rings. The third kappa shape index (κ3) is 3.65. The number of hydrogen-bond acceptors (Lipinski definition) is 4. The Balaban J connectivity index is 1.94. The average molecular weight is 271 g/mol. The largest absolute Gasteiger partial charge is 0.481 e. The van der Waals surface area contributed by atoms with Crippen LogP contribution in [0.2, 0.25) is 0 Å². The van der Waals surface area contributed by atoms with Gasteiger partial charge >= 0.3 is 5.97 Å². The van der Waals surface area contributed by atoms with Crippen LogP contribution in [0.4, 0.5) is 0 Å². The summed E-state index contributed by atoms with van der Waals surface area (Å²) in [6.45, 7) is 0. The number of carbonyl (C=O) groups is 1. The van der Waals surface area contributed by atoms with E-state index in [0.29, 0.717) is 12.8 Å². The quantitative estimate of drug-likeness (QED) is 0.625. The van der Waals surface area contributed by atoms with Gasteiger partial charge in [-0.15, -0.1) is 0 Å². The molecule has 6 heteroatoms. The number of aliphatic carboxylic acids is 1. The molecule has 0 aromatic heterocycles. The lowest BCUT2D eigenvalue weighted by atomic mass is 9.83. The molecule has 3 atom stereocenters. The summed E-state index contributed by atoms with van der Waals surface area (Å²) in [4.78, 5) is 21.7. The Kier molecular flexibility index (Phi) is 4.74. The maximum absolute atomic E-state index is 11.1. The zero-order valence-electron chi connectivity index (χ0n) is 11.0. The molecule has 6 nitrogen and oxygen atoms in total. The predicted octanol–water partition coefficient (Wildman–Crippen LogP) is 2.23. The molecule has 0 aromatic rings. The molecule has 2 aliphatic carbocycles. The Morgan fingerprint density at radius 1 is 1.16 bits per heavy atom. The van der Waals surface area contributed by atoms with Crippen LogP contribution in [0.15, 0.2) is 0 Å². The second kappa shape index (κ2) is 6.32. The average Bonchev–Trinajstić information content (AvgIpc) is 2.39. The Bertz CT molecular complexity index is 340. The van der Waals surface area contributed by atoms with Crippen molar-refractivity contribution in [1.82, 2.24) is 0 Å². The van der Waals surface area contributed by atoms with Gasteiger partial charge in [0, 0.05) is 11.3 Å². The van der Waals surface area contributed by atoms with Gasteiger partial charge < -0.3 is 9.84 Å². The van der Waals surface area contributed by atoms with Crippen molar-refractivity contribution < 1.29 is 19.6 Å². The molecule has 2 saturated carbocycles. The molecular formula is C13H21NO5. The Labute approximate surface area is 112 Å². The fourth-order valence-corrected chi connectivity index (χ4v) is 3.17. The molecule has 108 valence electrons. The summed E-state index contributed by atoms with van der Waals surface area (Å²) in [6, 6.07) is -0.864. The molecule has 0 amide bonds. The maximum Gasteiger partial charge on any atom is 0.306 e. The van der Waals surface area contributed by atoms with E-state index in [-0.39, 0.29) is 17.4 Å². The first-order chi connectivity index (χ1) is 9.08. The molecule has 2 rings (SSSR count). The monoisotopic (exact) mass is 271 g/mol. The second-order valence-electron chi connectivity index (χ2n) is 5.64. The topological polar surface area (TPSA) is 89.7 Å². The van der Waals surface area contributed by atoms with Crippen molar-refractivity contribution in [3.8, 4) is 0 Å². The number of rotatable bonds is 4. The smallest absolute Gasteiger partial charge is 0.306 e. The van der Waals surface area contributed by atoms with Crippen molar-refractivity contribution in [2.45, 2.75) is 69.6 Å². The van der Waals surface area contributed by atoms with E-state index in [9.17, 15) is 14.9 Å². The van der Waals surface area contributed by atoms with Crippen LogP contribution in [0.25, 0.3) is 0 Å². The summed E-state index contributed by atoms with van der Waals surface area (Å²) in [5.74, 6) is -1.52. The number of ether oxygens (including phenoxy) is 1. The first-order valence-corrected chi connectivity index (χ1v) is 7.09. The summed E-state index contributed by atoms with van der Waals surface area (Å²) < 4.78 is 5.90. The van der Waals surface area contributed by atoms with E-state index < -0.39 is 24.0 Å². The number of carboxylic acids is 1. The minimum atomic E-state index is -0.928. The summed E-state index contributed by atoms with van der Waals surface area (Å²) in [5.41, 5.74) is 0. The Hall–Kier alpha value is -1.17. The number of carboxylic acid groups (broad SMARTS) is 1. The first kappa shape index (κ1) is 14.2. The van der Waals surface area contributed by atoms with Crippen molar-refractivity contribution in [3.05, 3.63) is 10.1 Å². The molecule has 1 N–H and O–H groups in total. The van der Waals surface area contributed by atoms with Crippen LogP contribution in [-0.4, -0.2) is 34.2 Å². The SMILES string of the molecule is O=C(O)C1CCC(OC2CCCCC2)C([N+](=O)[O-])C1. The highest BCUT2D eigenvalue weighted by Crippen LogP contribution is 2.31. The van der Waals surface area contributed by atoms with Gasteiger partial charge in [-0.05, 0) is 25.7 Å². The van der Waals surface area contributed by atoms with Crippen LogP contribution in [0.5, 0.6) is 0 Å². The van der Waals surface area contributed by atoms with Gasteiger partial charge in [0.05, 0.1) is 12.0 Å². The zero-order chi connectivity index (χ0) is 13.8. The van der Waals surface area contributed by atoms with Gasteiger partial charge in [0.1, 0.15) is 6.10 Å². The second-order valence-corrected chi connectivity index (χ2v) is 5.64. The van der Waals surface area contributed by atoms with Gasteiger partial charge in [-0.25, -0.2) is 0 Å². The normalized spacial score (nSPS) is 32.9. The van der Waals surface area contributed by atoms with E-state index in [1.807, 2.05) is 0 Å². The van der Waals surface area contributed by atoms with Crippen LogP contribution in [0.3, 0.4) is 0 Å². The Morgan fingerprint density at radius 3 is 2.42 bits per heavy atom. The number of nitrogens with zero attached hydrogens (tertiary/aromatic N) is 1. The zero-order valence-corrected chi connectivity index (χ0v) is 11.0. The van der Waals surface area contributed by atoms with Crippen LogP contribution in [0.1, 0.15) is 51.4 Å². The van der Waals surface area contributed by atoms with Gasteiger partial charge in [0.15, 0.2) is 0 Å². The summed E-state index contributed by atoms with van der Waals surface area (Å²) in [6.07, 6.45) is 6.19. The predicted molar refractivity (Wildman–Crippen MR) is 67.5 cm³/mol. The van der Waals surface area contributed by atoms with Crippen molar-refractivity contribution in [2.75, 3.05) is 0 Å². The van der Waals surface area contributed by atoms with Crippen LogP contribution >= 0.6 is 0 Å². The van der Waals surface area contributed by atoms with Gasteiger partial charge in [-0.3, -0.25) is 14.9 Å². The Morgan fingerprint density at radius 2 is 1.84 bits per heavy atom. The summed E-state index contributed by atoms with van der Waals surface area (Å²) in [7, 11) is 0. The molecule has 19 heavy (non-hydrogen) atoms. The third-order valence-corrected chi connectivity index (χ3v) is 4.29. The molecular weight excluding hydrogens is 250 g/mol. The lowest BCUT2D eigenvalue weighted by Gasteiger charge is -2.33. The van der Waals surface area contributed by atoms with Gasteiger partial charge in [0.2, 0.25) is 6.04 Å². The minimum absolute atomic E-state index is 0.0969.